The van der Waals surface area contributed by atoms with E-state index in [-0.39, 0.29) is 24.2 Å². The van der Waals surface area contributed by atoms with Crippen LogP contribution in [0.25, 0.3) is 0 Å². The Bertz CT molecular complexity index is 966. The smallest absolute Gasteiger partial charge is 0.243 e. The monoisotopic (exact) mass is 410 g/mol. The van der Waals surface area contributed by atoms with E-state index >= 15 is 0 Å². The van der Waals surface area contributed by atoms with Crippen molar-refractivity contribution in [2.45, 2.75) is 18.9 Å². The van der Waals surface area contributed by atoms with Gasteiger partial charge in [-0.25, -0.2) is 4.39 Å². The van der Waals surface area contributed by atoms with Gasteiger partial charge in [-0.2, -0.15) is 5.26 Å². The topological polar surface area (TPSA) is 71.8 Å². The van der Waals surface area contributed by atoms with Crippen LogP contribution in [0.2, 0.25) is 0 Å². The maximum atomic E-state index is 13.0. The first-order chi connectivity index (χ1) is 14.6. The predicted molar refractivity (Wildman–Crippen MR) is 107 cm³/mol. The summed E-state index contributed by atoms with van der Waals surface area (Å²) in [7, 11) is 1.55. The van der Waals surface area contributed by atoms with Gasteiger partial charge in [-0.3, -0.25) is 4.79 Å². The Morgan fingerprint density at radius 1 is 1.23 bits per heavy atom. The molecule has 2 aromatic rings. The van der Waals surface area contributed by atoms with E-state index in [1.54, 1.807) is 30.2 Å². The molecule has 1 aliphatic carbocycles. The number of carbonyl (C=O) groups excluding carboxylic acids is 1. The minimum Gasteiger partial charge on any atom is -0.493 e. The van der Waals surface area contributed by atoms with Crippen LogP contribution in [0.5, 0.6) is 11.5 Å². The molecule has 2 atom stereocenters. The summed E-state index contributed by atoms with van der Waals surface area (Å²) >= 11 is 0. The molecule has 0 N–H and O–H groups in total. The van der Waals surface area contributed by atoms with Crippen molar-refractivity contribution in [1.29, 1.82) is 5.26 Å². The van der Waals surface area contributed by atoms with Crippen molar-refractivity contribution in [2.75, 3.05) is 33.4 Å². The van der Waals surface area contributed by atoms with Gasteiger partial charge in [-0.1, -0.05) is 18.2 Å². The Labute approximate surface area is 174 Å². The second-order valence-corrected chi connectivity index (χ2v) is 7.57. The van der Waals surface area contributed by atoms with Crippen LogP contribution in [0.4, 0.5) is 4.39 Å². The molecule has 2 aromatic carbocycles. The number of morpholine rings is 1. The van der Waals surface area contributed by atoms with Crippen molar-refractivity contribution in [1.82, 2.24) is 4.90 Å². The predicted octanol–water partition coefficient (Wildman–Crippen LogP) is 3.27. The summed E-state index contributed by atoms with van der Waals surface area (Å²) in [6.45, 7) is 2.33. The standard InChI is InChI=1S/C23H23FN2O4/c1-28-21-12-17(4-7-20(21)30-14-16-2-5-18(24)6-3-16)19-13-23(19,15-25)22(27)26-8-10-29-11-9-26/h2-7,12,19H,8-11,13-14H2,1H3/t19-,23-/m1/s1. The Kier molecular flexibility index (Phi) is 5.60. The largest absolute Gasteiger partial charge is 0.493 e. The Hall–Kier alpha value is -3.11. The van der Waals surface area contributed by atoms with Gasteiger partial charge in [0.05, 0.1) is 26.4 Å². The molecule has 2 fully saturated rings. The van der Waals surface area contributed by atoms with Gasteiger partial charge in [0.15, 0.2) is 11.5 Å². The summed E-state index contributed by atoms with van der Waals surface area (Å²) in [5.74, 6) is 0.505. The molecule has 1 heterocycles. The Balaban J connectivity index is 1.48. The summed E-state index contributed by atoms with van der Waals surface area (Å²) in [6.07, 6.45) is 0.499. The van der Waals surface area contributed by atoms with Crippen LogP contribution in [0.1, 0.15) is 23.5 Å². The van der Waals surface area contributed by atoms with Crippen LogP contribution in [-0.4, -0.2) is 44.2 Å². The molecule has 1 amide bonds. The number of hydrogen-bond acceptors (Lipinski definition) is 5. The van der Waals surface area contributed by atoms with Crippen molar-refractivity contribution in [3.8, 4) is 17.6 Å². The highest BCUT2D eigenvalue weighted by molar-refractivity contribution is 5.90. The van der Waals surface area contributed by atoms with Crippen LogP contribution >= 0.6 is 0 Å². The lowest BCUT2D eigenvalue weighted by Crippen LogP contribution is -2.44. The quantitative estimate of drug-likeness (QED) is 0.731. The molecule has 0 unspecified atom stereocenters. The molecule has 1 aliphatic heterocycles. The number of halogens is 1. The van der Waals surface area contributed by atoms with Crippen LogP contribution in [0, 0.1) is 22.6 Å². The highest BCUT2D eigenvalue weighted by Gasteiger charge is 2.63. The Morgan fingerprint density at radius 2 is 1.97 bits per heavy atom. The first-order valence-corrected chi connectivity index (χ1v) is 9.91. The molecular formula is C23H23FN2O4. The minimum absolute atomic E-state index is 0.117. The summed E-state index contributed by atoms with van der Waals surface area (Å²) < 4.78 is 29.7. The number of carbonyl (C=O) groups is 1. The zero-order valence-corrected chi connectivity index (χ0v) is 16.8. The molecule has 4 rings (SSSR count). The molecule has 30 heavy (non-hydrogen) atoms. The van der Waals surface area contributed by atoms with Gasteiger partial charge in [-0.15, -0.1) is 0 Å². The van der Waals surface area contributed by atoms with Crippen LogP contribution in [0.15, 0.2) is 42.5 Å². The van der Waals surface area contributed by atoms with Crippen molar-refractivity contribution in [3.63, 3.8) is 0 Å². The van der Waals surface area contributed by atoms with E-state index < -0.39 is 5.41 Å². The van der Waals surface area contributed by atoms with E-state index in [9.17, 15) is 14.4 Å². The molecule has 7 heteroatoms. The maximum Gasteiger partial charge on any atom is 0.243 e. The molecule has 1 saturated carbocycles. The third-order valence-corrected chi connectivity index (χ3v) is 5.74. The van der Waals surface area contributed by atoms with E-state index in [0.717, 1.165) is 11.1 Å². The zero-order valence-electron chi connectivity index (χ0n) is 16.8. The summed E-state index contributed by atoms with van der Waals surface area (Å²) in [5.41, 5.74) is 0.701. The van der Waals surface area contributed by atoms with Crippen molar-refractivity contribution < 1.29 is 23.4 Å². The van der Waals surface area contributed by atoms with E-state index in [1.807, 2.05) is 12.1 Å². The van der Waals surface area contributed by atoms with Gasteiger partial charge in [0.25, 0.3) is 0 Å². The third-order valence-electron chi connectivity index (χ3n) is 5.74. The van der Waals surface area contributed by atoms with E-state index in [1.165, 1.54) is 12.1 Å². The maximum absolute atomic E-state index is 13.0. The van der Waals surface area contributed by atoms with Crippen molar-refractivity contribution in [3.05, 3.63) is 59.4 Å². The number of amides is 1. The van der Waals surface area contributed by atoms with E-state index in [4.69, 9.17) is 14.2 Å². The Morgan fingerprint density at radius 3 is 2.63 bits per heavy atom. The second kappa shape index (κ2) is 8.33. The fourth-order valence-electron chi connectivity index (χ4n) is 3.88. The average Bonchev–Trinajstić information content (AvgIpc) is 3.55. The third kappa shape index (κ3) is 3.83. The lowest BCUT2D eigenvalue weighted by Gasteiger charge is -2.29. The van der Waals surface area contributed by atoms with Gasteiger partial charge in [0.2, 0.25) is 5.91 Å². The van der Waals surface area contributed by atoms with Crippen LogP contribution in [-0.2, 0) is 16.1 Å². The fraction of sp³-hybridized carbons (Fsp3) is 0.391. The van der Waals surface area contributed by atoms with Crippen LogP contribution in [0.3, 0.4) is 0 Å². The number of ether oxygens (including phenoxy) is 3. The lowest BCUT2D eigenvalue weighted by atomic mass is 9.98. The molecule has 0 radical (unpaired) electrons. The molecule has 156 valence electrons. The van der Waals surface area contributed by atoms with Gasteiger partial charge in [0, 0.05) is 19.0 Å². The fourth-order valence-corrected chi connectivity index (χ4v) is 3.88. The van der Waals surface area contributed by atoms with E-state index in [0.29, 0.717) is 44.2 Å². The second-order valence-electron chi connectivity index (χ2n) is 7.57. The van der Waals surface area contributed by atoms with Crippen molar-refractivity contribution >= 4 is 5.91 Å². The molecule has 0 aromatic heterocycles. The number of rotatable bonds is 6. The first kappa shape index (κ1) is 20.2. The molecule has 6 nitrogen and oxygen atoms in total. The van der Waals surface area contributed by atoms with Gasteiger partial charge < -0.3 is 19.1 Å². The SMILES string of the molecule is COc1cc([C@H]2C[C@]2(C#N)C(=O)N2CCOCC2)ccc1OCc1ccc(F)cc1. The number of hydrogen-bond donors (Lipinski definition) is 0. The molecule has 2 aliphatic rings. The highest BCUT2D eigenvalue weighted by Crippen LogP contribution is 2.60. The van der Waals surface area contributed by atoms with Gasteiger partial charge in [-0.05, 0) is 41.8 Å². The van der Waals surface area contributed by atoms with Crippen LogP contribution < -0.4 is 9.47 Å². The normalized spacial score (nSPS) is 22.8. The highest BCUT2D eigenvalue weighted by atomic mass is 19.1. The number of methoxy groups -OCH3 is 1. The van der Waals surface area contributed by atoms with E-state index in [2.05, 4.69) is 6.07 Å². The number of benzene rings is 2. The number of nitriles is 1. The van der Waals surface area contributed by atoms with Crippen molar-refractivity contribution in [2.24, 2.45) is 5.41 Å². The lowest BCUT2D eigenvalue weighted by molar-refractivity contribution is -0.139. The molecule has 0 spiro atoms. The minimum atomic E-state index is -1.02. The summed E-state index contributed by atoms with van der Waals surface area (Å²) in [5, 5.41) is 9.79. The number of nitrogens with zero attached hydrogens (tertiary/aromatic N) is 2. The molecule has 0 bridgehead atoms. The summed E-state index contributed by atoms with van der Waals surface area (Å²) in [6, 6.07) is 13.9. The molecular weight excluding hydrogens is 387 g/mol. The molecule has 1 saturated heterocycles. The van der Waals surface area contributed by atoms with Gasteiger partial charge >= 0.3 is 0 Å². The zero-order chi connectivity index (χ0) is 21.1. The first-order valence-electron chi connectivity index (χ1n) is 9.91. The average molecular weight is 410 g/mol. The summed E-state index contributed by atoms with van der Waals surface area (Å²) in [4.78, 5) is 14.7. The van der Waals surface area contributed by atoms with Gasteiger partial charge in [0.1, 0.15) is 17.8 Å².